The van der Waals surface area contributed by atoms with Crippen LogP contribution in [0.25, 0.3) is 11.2 Å². The van der Waals surface area contributed by atoms with E-state index in [1.165, 1.54) is 12.1 Å². The maximum Gasteiger partial charge on any atom is 0.416 e. The molecule has 3 N–H and O–H groups in total. The van der Waals surface area contributed by atoms with E-state index in [1.807, 2.05) is 0 Å². The van der Waals surface area contributed by atoms with Crippen molar-refractivity contribution in [3.63, 3.8) is 0 Å². The number of benzene rings is 1. The number of aromatic nitrogens is 4. The first kappa shape index (κ1) is 20.4. The van der Waals surface area contributed by atoms with Gasteiger partial charge in [-0.15, -0.1) is 0 Å². The number of alkyl halides is 3. The average Bonchev–Trinajstić information content (AvgIpc) is 3.12. The predicted molar refractivity (Wildman–Crippen MR) is 106 cm³/mol. The van der Waals surface area contributed by atoms with Crippen molar-refractivity contribution in [2.75, 3.05) is 50.4 Å². The standard InChI is InChI=1S/C19H22F3N7O/c20-19(21,22)14-3-1-13(2-4-14)11-29-12-25-15-16(23)26-18(27-17(15)29)24-5-6-28-7-9-30-10-8-28/h1-4,12H,5-11H2,(H3,23,24,26,27). The van der Waals surface area contributed by atoms with Crippen LogP contribution in [-0.4, -0.2) is 63.8 Å². The average molecular weight is 421 g/mol. The second kappa shape index (κ2) is 8.44. The number of anilines is 2. The van der Waals surface area contributed by atoms with Crippen molar-refractivity contribution in [1.82, 2.24) is 24.4 Å². The van der Waals surface area contributed by atoms with Gasteiger partial charge in [0.2, 0.25) is 5.95 Å². The van der Waals surface area contributed by atoms with Gasteiger partial charge in [0.15, 0.2) is 11.5 Å². The number of morpholine rings is 1. The van der Waals surface area contributed by atoms with Crippen molar-refractivity contribution in [2.45, 2.75) is 12.7 Å². The highest BCUT2D eigenvalue weighted by Gasteiger charge is 2.29. The van der Waals surface area contributed by atoms with Gasteiger partial charge in [0.1, 0.15) is 5.52 Å². The number of hydrogen-bond acceptors (Lipinski definition) is 7. The lowest BCUT2D eigenvalue weighted by molar-refractivity contribution is -0.137. The second-order valence-electron chi connectivity index (χ2n) is 7.05. The maximum atomic E-state index is 12.8. The molecule has 160 valence electrons. The molecular weight excluding hydrogens is 399 g/mol. The first-order valence-corrected chi connectivity index (χ1v) is 9.58. The molecular formula is C19H22F3N7O. The highest BCUT2D eigenvalue weighted by molar-refractivity contribution is 5.82. The lowest BCUT2D eigenvalue weighted by Gasteiger charge is -2.26. The molecule has 3 aromatic rings. The summed E-state index contributed by atoms with van der Waals surface area (Å²) in [5.41, 5.74) is 7.03. The Hall–Kier alpha value is -2.92. The van der Waals surface area contributed by atoms with Crippen LogP contribution in [0.2, 0.25) is 0 Å². The summed E-state index contributed by atoms with van der Waals surface area (Å²) >= 11 is 0. The van der Waals surface area contributed by atoms with Crippen molar-refractivity contribution in [3.05, 3.63) is 41.7 Å². The van der Waals surface area contributed by atoms with E-state index in [1.54, 1.807) is 10.9 Å². The molecule has 1 aliphatic heterocycles. The van der Waals surface area contributed by atoms with Crippen LogP contribution >= 0.6 is 0 Å². The number of nitrogen functional groups attached to an aromatic ring is 1. The Morgan fingerprint density at radius 3 is 2.53 bits per heavy atom. The summed E-state index contributed by atoms with van der Waals surface area (Å²) in [4.78, 5) is 15.3. The molecule has 0 spiro atoms. The fourth-order valence-electron chi connectivity index (χ4n) is 3.31. The molecule has 1 fully saturated rings. The molecule has 0 amide bonds. The Kier molecular flexibility index (Phi) is 5.73. The highest BCUT2D eigenvalue weighted by atomic mass is 19.4. The van der Waals surface area contributed by atoms with Crippen molar-refractivity contribution in [2.24, 2.45) is 0 Å². The fraction of sp³-hybridized carbons (Fsp3) is 0.421. The van der Waals surface area contributed by atoms with Crippen LogP contribution in [0.4, 0.5) is 24.9 Å². The quantitative estimate of drug-likeness (QED) is 0.630. The minimum absolute atomic E-state index is 0.250. The van der Waals surface area contributed by atoms with Crippen molar-refractivity contribution in [3.8, 4) is 0 Å². The molecule has 2 aromatic heterocycles. The number of ether oxygens (including phenoxy) is 1. The smallest absolute Gasteiger partial charge is 0.382 e. The molecule has 0 radical (unpaired) electrons. The van der Waals surface area contributed by atoms with Crippen LogP contribution in [0.1, 0.15) is 11.1 Å². The summed E-state index contributed by atoms with van der Waals surface area (Å²) in [5.74, 6) is 0.641. The molecule has 0 unspecified atom stereocenters. The van der Waals surface area contributed by atoms with Crippen LogP contribution in [-0.2, 0) is 17.5 Å². The van der Waals surface area contributed by atoms with Crippen molar-refractivity contribution < 1.29 is 17.9 Å². The third-order valence-electron chi connectivity index (χ3n) is 4.94. The molecule has 0 atom stereocenters. The van der Waals surface area contributed by atoms with Gasteiger partial charge in [0, 0.05) is 26.2 Å². The zero-order valence-corrected chi connectivity index (χ0v) is 16.2. The van der Waals surface area contributed by atoms with E-state index in [0.29, 0.717) is 35.8 Å². The summed E-state index contributed by atoms with van der Waals surface area (Å²) < 4.78 is 45.3. The molecule has 1 saturated heterocycles. The molecule has 0 saturated carbocycles. The van der Waals surface area contributed by atoms with Gasteiger partial charge in [-0.3, -0.25) is 4.90 Å². The monoisotopic (exact) mass is 421 g/mol. The number of hydrogen-bond donors (Lipinski definition) is 2. The van der Waals surface area contributed by atoms with Crippen molar-refractivity contribution in [1.29, 1.82) is 0 Å². The second-order valence-corrected chi connectivity index (χ2v) is 7.05. The van der Waals surface area contributed by atoms with Gasteiger partial charge < -0.3 is 20.4 Å². The lowest BCUT2D eigenvalue weighted by atomic mass is 10.1. The van der Waals surface area contributed by atoms with Crippen LogP contribution < -0.4 is 11.1 Å². The number of nitrogens with zero attached hydrogens (tertiary/aromatic N) is 5. The van der Waals surface area contributed by atoms with Gasteiger partial charge in [-0.05, 0) is 17.7 Å². The summed E-state index contributed by atoms with van der Waals surface area (Å²) in [7, 11) is 0. The minimum atomic E-state index is -4.36. The minimum Gasteiger partial charge on any atom is -0.382 e. The Morgan fingerprint density at radius 1 is 1.10 bits per heavy atom. The first-order chi connectivity index (χ1) is 14.4. The van der Waals surface area contributed by atoms with E-state index in [4.69, 9.17) is 10.5 Å². The van der Waals surface area contributed by atoms with Gasteiger partial charge in [-0.1, -0.05) is 12.1 Å². The highest BCUT2D eigenvalue weighted by Crippen LogP contribution is 2.29. The third kappa shape index (κ3) is 4.62. The van der Waals surface area contributed by atoms with E-state index >= 15 is 0 Å². The number of imidazole rings is 1. The van der Waals surface area contributed by atoms with Crippen molar-refractivity contribution >= 4 is 22.9 Å². The summed E-state index contributed by atoms with van der Waals surface area (Å²) in [6.07, 6.45) is -2.80. The molecule has 1 aliphatic rings. The molecule has 1 aromatic carbocycles. The number of rotatable bonds is 6. The summed E-state index contributed by atoms with van der Waals surface area (Å²) in [6, 6.07) is 5.02. The third-order valence-corrected chi connectivity index (χ3v) is 4.94. The molecule has 0 bridgehead atoms. The van der Waals surface area contributed by atoms with E-state index in [9.17, 15) is 13.2 Å². The summed E-state index contributed by atoms with van der Waals surface area (Å²) in [5, 5.41) is 3.18. The van der Waals surface area contributed by atoms with Crippen LogP contribution in [0.3, 0.4) is 0 Å². The SMILES string of the molecule is Nc1nc(NCCN2CCOCC2)nc2c1ncn2Cc1ccc(C(F)(F)F)cc1. The topological polar surface area (TPSA) is 94.1 Å². The summed E-state index contributed by atoms with van der Waals surface area (Å²) in [6.45, 7) is 5.05. The lowest BCUT2D eigenvalue weighted by Crippen LogP contribution is -2.39. The normalized spacial score (nSPS) is 15.6. The Morgan fingerprint density at radius 2 is 1.83 bits per heavy atom. The van der Waals surface area contributed by atoms with Gasteiger partial charge in [0.25, 0.3) is 0 Å². The molecule has 8 nitrogen and oxygen atoms in total. The largest absolute Gasteiger partial charge is 0.416 e. The zero-order chi connectivity index (χ0) is 21.1. The van der Waals surface area contributed by atoms with Gasteiger partial charge in [-0.2, -0.15) is 23.1 Å². The van der Waals surface area contributed by atoms with Gasteiger partial charge in [0.05, 0.1) is 31.6 Å². The number of halogens is 3. The molecule has 11 heteroatoms. The molecule has 4 rings (SSSR count). The Balaban J connectivity index is 1.47. The van der Waals surface area contributed by atoms with E-state index in [-0.39, 0.29) is 5.82 Å². The zero-order valence-electron chi connectivity index (χ0n) is 16.2. The van der Waals surface area contributed by atoms with E-state index in [0.717, 1.165) is 45.0 Å². The molecule has 0 aliphatic carbocycles. The first-order valence-electron chi connectivity index (χ1n) is 9.58. The maximum absolute atomic E-state index is 12.8. The number of fused-ring (bicyclic) bond motifs is 1. The number of nitrogens with two attached hydrogens (primary N) is 1. The fourth-order valence-corrected chi connectivity index (χ4v) is 3.31. The predicted octanol–water partition coefficient (Wildman–Crippen LogP) is 2.22. The van der Waals surface area contributed by atoms with Gasteiger partial charge in [-0.25, -0.2) is 4.98 Å². The Bertz CT molecular complexity index is 998. The molecule has 30 heavy (non-hydrogen) atoms. The van der Waals surface area contributed by atoms with E-state index < -0.39 is 11.7 Å². The van der Waals surface area contributed by atoms with Crippen LogP contribution in [0.5, 0.6) is 0 Å². The van der Waals surface area contributed by atoms with E-state index in [2.05, 4.69) is 25.2 Å². The Labute approximate surface area is 170 Å². The number of nitrogens with one attached hydrogen (secondary N) is 1. The van der Waals surface area contributed by atoms with Crippen LogP contribution in [0, 0.1) is 0 Å². The molecule has 3 heterocycles. The van der Waals surface area contributed by atoms with Gasteiger partial charge >= 0.3 is 6.18 Å². The van der Waals surface area contributed by atoms with Crippen LogP contribution in [0.15, 0.2) is 30.6 Å².